The second kappa shape index (κ2) is 5.29. The van der Waals surface area contributed by atoms with E-state index in [1.54, 1.807) is 31.3 Å². The number of aromatic nitrogens is 4. The molecule has 0 saturated carbocycles. The molecule has 0 unspecified atom stereocenters. The summed E-state index contributed by atoms with van der Waals surface area (Å²) in [6.07, 6.45) is 0. The second-order valence-electron chi connectivity index (χ2n) is 3.28. The van der Waals surface area contributed by atoms with Crippen LogP contribution in [0.25, 0.3) is 0 Å². The highest BCUT2D eigenvalue weighted by molar-refractivity contribution is 7.99. The maximum absolute atomic E-state index is 11.9. The molecule has 0 spiro atoms. The van der Waals surface area contributed by atoms with E-state index in [1.807, 2.05) is 0 Å². The summed E-state index contributed by atoms with van der Waals surface area (Å²) >= 11 is 7.22. The van der Waals surface area contributed by atoms with Crippen molar-refractivity contribution in [3.63, 3.8) is 0 Å². The van der Waals surface area contributed by atoms with E-state index in [4.69, 9.17) is 11.6 Å². The zero-order valence-corrected chi connectivity index (χ0v) is 10.6. The number of carbonyl (C=O) groups is 1. The van der Waals surface area contributed by atoms with Gasteiger partial charge in [-0.2, -0.15) is 0 Å². The van der Waals surface area contributed by atoms with Gasteiger partial charge >= 0.3 is 0 Å². The molecule has 0 bridgehead atoms. The average molecular weight is 269 g/mol. The van der Waals surface area contributed by atoms with Gasteiger partial charge in [0.2, 0.25) is 5.16 Å². The number of carbonyl (C=O) groups excluding carboxylic acids is 1. The molecule has 0 radical (unpaired) electrons. The highest BCUT2D eigenvalue weighted by Gasteiger charge is 2.12. The number of ketones is 1. The molecular weight excluding hydrogens is 260 g/mol. The maximum atomic E-state index is 11.9. The Bertz CT molecular complexity index is 543. The Kier molecular flexibility index (Phi) is 3.75. The predicted octanol–water partition coefficient (Wildman–Crippen LogP) is 1.84. The first-order valence-electron chi connectivity index (χ1n) is 4.81. The van der Waals surface area contributed by atoms with Crippen molar-refractivity contribution in [3.8, 4) is 0 Å². The summed E-state index contributed by atoms with van der Waals surface area (Å²) in [5, 5.41) is 12.0. The van der Waals surface area contributed by atoms with Crippen LogP contribution in [0.1, 0.15) is 10.4 Å². The van der Waals surface area contributed by atoms with Gasteiger partial charge in [-0.1, -0.05) is 35.5 Å². The summed E-state index contributed by atoms with van der Waals surface area (Å²) in [5.74, 6) is 0.224. The molecule has 17 heavy (non-hydrogen) atoms. The number of hydrogen-bond acceptors (Lipinski definition) is 5. The number of rotatable bonds is 4. The Labute approximate surface area is 107 Å². The highest BCUT2D eigenvalue weighted by atomic mass is 35.5. The topological polar surface area (TPSA) is 60.7 Å². The second-order valence-corrected chi connectivity index (χ2v) is 4.63. The van der Waals surface area contributed by atoms with Gasteiger partial charge in [0.25, 0.3) is 0 Å². The summed E-state index contributed by atoms with van der Waals surface area (Å²) in [6.45, 7) is 0. The molecule has 7 heteroatoms. The third-order valence-corrected chi connectivity index (χ3v) is 3.43. The van der Waals surface area contributed by atoms with Gasteiger partial charge in [0.05, 0.1) is 10.8 Å². The van der Waals surface area contributed by atoms with E-state index in [0.717, 1.165) is 0 Å². The monoisotopic (exact) mass is 268 g/mol. The Morgan fingerprint density at radius 2 is 2.24 bits per heavy atom. The van der Waals surface area contributed by atoms with Crippen LogP contribution in [0.5, 0.6) is 0 Å². The maximum Gasteiger partial charge on any atom is 0.209 e. The summed E-state index contributed by atoms with van der Waals surface area (Å²) in [6, 6.07) is 6.98. The van der Waals surface area contributed by atoms with Gasteiger partial charge in [-0.25, -0.2) is 4.68 Å². The van der Waals surface area contributed by atoms with E-state index < -0.39 is 0 Å². The Morgan fingerprint density at radius 3 is 2.88 bits per heavy atom. The summed E-state index contributed by atoms with van der Waals surface area (Å²) in [4.78, 5) is 11.9. The molecule has 0 fully saturated rings. The molecule has 88 valence electrons. The molecule has 0 aliphatic carbocycles. The number of halogens is 1. The minimum absolute atomic E-state index is 0.0383. The van der Waals surface area contributed by atoms with Crippen molar-refractivity contribution in [2.45, 2.75) is 5.16 Å². The lowest BCUT2D eigenvalue weighted by Crippen LogP contribution is -2.04. The molecule has 1 aromatic carbocycles. The number of tetrazole rings is 1. The zero-order chi connectivity index (χ0) is 12.3. The lowest BCUT2D eigenvalue weighted by atomic mass is 10.1. The number of hydrogen-bond donors (Lipinski definition) is 0. The largest absolute Gasteiger partial charge is 0.293 e. The van der Waals surface area contributed by atoms with Gasteiger partial charge in [0, 0.05) is 12.6 Å². The third-order valence-electron chi connectivity index (χ3n) is 2.09. The van der Waals surface area contributed by atoms with Crippen molar-refractivity contribution in [3.05, 3.63) is 34.9 Å². The molecule has 1 aromatic heterocycles. The van der Waals surface area contributed by atoms with Crippen molar-refractivity contribution < 1.29 is 4.79 Å². The minimum Gasteiger partial charge on any atom is -0.293 e. The van der Waals surface area contributed by atoms with E-state index in [0.29, 0.717) is 15.7 Å². The minimum atomic E-state index is -0.0383. The molecule has 0 aliphatic heterocycles. The highest BCUT2D eigenvalue weighted by Crippen LogP contribution is 2.19. The fourth-order valence-corrected chi connectivity index (χ4v) is 2.21. The van der Waals surface area contributed by atoms with Crippen LogP contribution in [-0.2, 0) is 7.05 Å². The molecular formula is C10H9ClN4OS. The van der Waals surface area contributed by atoms with Crippen LogP contribution in [-0.4, -0.2) is 31.7 Å². The summed E-state index contributed by atoms with van der Waals surface area (Å²) in [7, 11) is 1.72. The normalized spacial score (nSPS) is 10.5. The standard InChI is InChI=1S/C10H9ClN4OS/c1-15-10(12-13-14-15)17-6-9(16)7-4-2-3-5-8(7)11/h2-5H,6H2,1H3. The molecule has 0 saturated heterocycles. The molecule has 5 nitrogen and oxygen atoms in total. The molecule has 0 aliphatic rings. The number of thioether (sulfide) groups is 1. The Balaban J connectivity index is 2.04. The van der Waals surface area contributed by atoms with E-state index in [1.165, 1.54) is 16.4 Å². The fourth-order valence-electron chi connectivity index (χ4n) is 1.24. The van der Waals surface area contributed by atoms with Crippen molar-refractivity contribution in [1.29, 1.82) is 0 Å². The third kappa shape index (κ3) is 2.83. The van der Waals surface area contributed by atoms with Crippen LogP contribution in [0, 0.1) is 0 Å². The van der Waals surface area contributed by atoms with Crippen LogP contribution in [0.3, 0.4) is 0 Å². The Morgan fingerprint density at radius 1 is 1.47 bits per heavy atom. The molecule has 0 N–H and O–H groups in total. The predicted molar refractivity (Wildman–Crippen MR) is 65.3 cm³/mol. The van der Waals surface area contributed by atoms with Crippen molar-refractivity contribution in [2.75, 3.05) is 5.75 Å². The smallest absolute Gasteiger partial charge is 0.209 e. The lowest BCUT2D eigenvalue weighted by Gasteiger charge is -2.02. The van der Waals surface area contributed by atoms with Gasteiger partial charge in [-0.05, 0) is 22.6 Å². The van der Waals surface area contributed by atoms with Crippen LogP contribution >= 0.6 is 23.4 Å². The van der Waals surface area contributed by atoms with E-state index in [-0.39, 0.29) is 11.5 Å². The van der Waals surface area contributed by atoms with Gasteiger partial charge in [0.1, 0.15) is 0 Å². The number of nitrogens with zero attached hydrogens (tertiary/aromatic N) is 4. The number of aryl methyl sites for hydroxylation is 1. The summed E-state index contributed by atoms with van der Waals surface area (Å²) < 4.78 is 1.52. The molecule has 1 heterocycles. The first-order chi connectivity index (χ1) is 8.18. The van der Waals surface area contributed by atoms with E-state index in [2.05, 4.69) is 15.5 Å². The zero-order valence-electron chi connectivity index (χ0n) is 9.00. The first-order valence-corrected chi connectivity index (χ1v) is 6.17. The number of Topliss-reactive ketones (excluding diaryl/α,β-unsaturated/α-hetero) is 1. The van der Waals surface area contributed by atoms with Gasteiger partial charge in [-0.3, -0.25) is 4.79 Å². The first kappa shape index (κ1) is 12.1. The number of benzene rings is 1. The van der Waals surface area contributed by atoms with Crippen molar-refractivity contribution in [1.82, 2.24) is 20.2 Å². The SMILES string of the molecule is Cn1nnnc1SCC(=O)c1ccccc1Cl. The molecule has 0 atom stereocenters. The van der Waals surface area contributed by atoms with Crippen LogP contribution in [0.15, 0.2) is 29.4 Å². The molecule has 2 aromatic rings. The van der Waals surface area contributed by atoms with Gasteiger partial charge in [-0.15, -0.1) is 5.10 Å². The van der Waals surface area contributed by atoms with Crippen molar-refractivity contribution in [2.24, 2.45) is 7.05 Å². The lowest BCUT2D eigenvalue weighted by molar-refractivity contribution is 0.102. The van der Waals surface area contributed by atoms with Crippen LogP contribution in [0.4, 0.5) is 0 Å². The van der Waals surface area contributed by atoms with Gasteiger partial charge in [0.15, 0.2) is 5.78 Å². The fraction of sp³-hybridized carbons (Fsp3) is 0.200. The van der Waals surface area contributed by atoms with E-state index in [9.17, 15) is 4.79 Å². The quantitative estimate of drug-likeness (QED) is 0.625. The average Bonchev–Trinajstić information content (AvgIpc) is 2.72. The van der Waals surface area contributed by atoms with Crippen LogP contribution in [0.2, 0.25) is 5.02 Å². The van der Waals surface area contributed by atoms with E-state index >= 15 is 0 Å². The van der Waals surface area contributed by atoms with Crippen LogP contribution < -0.4 is 0 Å². The summed E-state index contributed by atoms with van der Waals surface area (Å²) in [5.41, 5.74) is 0.525. The van der Waals surface area contributed by atoms with Gasteiger partial charge < -0.3 is 0 Å². The Hall–Kier alpha value is -1.40. The molecule has 2 rings (SSSR count). The molecule has 0 amide bonds. The van der Waals surface area contributed by atoms with Crippen molar-refractivity contribution >= 4 is 29.1 Å².